The molecule has 2 aromatic heterocycles. The van der Waals surface area contributed by atoms with Crippen LogP contribution >= 0.6 is 0 Å². The van der Waals surface area contributed by atoms with Crippen LogP contribution in [0.1, 0.15) is 16.1 Å². The minimum absolute atomic E-state index is 0.0614. The summed E-state index contributed by atoms with van der Waals surface area (Å²) in [6.45, 7) is 0. The van der Waals surface area contributed by atoms with Gasteiger partial charge in [0, 0.05) is 17.4 Å². The van der Waals surface area contributed by atoms with Crippen molar-refractivity contribution in [2.75, 3.05) is 5.73 Å². The Morgan fingerprint density at radius 2 is 1.89 bits per heavy atom. The van der Waals surface area contributed by atoms with Crippen LogP contribution in [0.15, 0.2) is 54.9 Å². The summed E-state index contributed by atoms with van der Waals surface area (Å²) in [6, 6.07) is 12.5. The molecule has 88 valence electrons. The van der Waals surface area contributed by atoms with Crippen molar-refractivity contribution in [3.8, 4) is 0 Å². The molecule has 2 N–H and O–H groups in total. The summed E-state index contributed by atoms with van der Waals surface area (Å²) in [5.41, 5.74) is 8.17. The average Bonchev–Trinajstić information content (AvgIpc) is 2.82. The predicted molar refractivity (Wildman–Crippen MR) is 69.5 cm³/mol. The predicted octanol–water partition coefficient (Wildman–Crippen LogP) is 2.15. The number of hydrogen-bond acceptors (Lipinski definition) is 3. The first-order valence-electron chi connectivity index (χ1n) is 5.58. The Hall–Kier alpha value is -2.62. The van der Waals surface area contributed by atoms with Crippen molar-refractivity contribution >= 4 is 17.1 Å². The number of nitrogens with zero attached hydrogens (tertiary/aromatic N) is 2. The number of anilines is 1. The number of pyridine rings is 1. The average molecular weight is 237 g/mol. The highest BCUT2D eigenvalue weighted by molar-refractivity contribution is 6.08. The second-order valence-electron chi connectivity index (χ2n) is 4.02. The Morgan fingerprint density at radius 1 is 1.11 bits per heavy atom. The number of nitrogen functional groups attached to an aromatic ring is 1. The molecule has 3 rings (SSSR count). The Balaban J connectivity index is 2.09. The zero-order chi connectivity index (χ0) is 12.5. The minimum atomic E-state index is -0.0614. The lowest BCUT2D eigenvalue weighted by atomic mass is 10.1. The quantitative estimate of drug-likeness (QED) is 0.548. The second kappa shape index (κ2) is 4.00. The molecule has 1 aromatic carbocycles. The van der Waals surface area contributed by atoms with Gasteiger partial charge in [-0.3, -0.25) is 9.20 Å². The van der Waals surface area contributed by atoms with E-state index in [0.717, 1.165) is 5.65 Å². The van der Waals surface area contributed by atoms with E-state index in [9.17, 15) is 4.79 Å². The van der Waals surface area contributed by atoms with Gasteiger partial charge in [0.05, 0.1) is 6.20 Å². The lowest BCUT2D eigenvalue weighted by molar-refractivity contribution is 0.103. The van der Waals surface area contributed by atoms with Crippen LogP contribution in [-0.2, 0) is 0 Å². The van der Waals surface area contributed by atoms with Gasteiger partial charge in [-0.1, -0.05) is 6.07 Å². The van der Waals surface area contributed by atoms with Gasteiger partial charge in [-0.25, -0.2) is 4.98 Å². The highest BCUT2D eigenvalue weighted by Crippen LogP contribution is 2.13. The second-order valence-corrected chi connectivity index (χ2v) is 4.02. The summed E-state index contributed by atoms with van der Waals surface area (Å²) in [4.78, 5) is 16.5. The summed E-state index contributed by atoms with van der Waals surface area (Å²) in [6.07, 6.45) is 3.42. The van der Waals surface area contributed by atoms with E-state index >= 15 is 0 Å². The molecule has 0 fully saturated rings. The van der Waals surface area contributed by atoms with Gasteiger partial charge in [0.1, 0.15) is 11.3 Å². The van der Waals surface area contributed by atoms with Gasteiger partial charge in [-0.15, -0.1) is 0 Å². The fourth-order valence-electron chi connectivity index (χ4n) is 1.88. The maximum atomic E-state index is 12.3. The summed E-state index contributed by atoms with van der Waals surface area (Å²) in [7, 11) is 0. The van der Waals surface area contributed by atoms with E-state index in [1.807, 2.05) is 24.4 Å². The fraction of sp³-hybridized carbons (Fsp3) is 0. The first-order valence-corrected chi connectivity index (χ1v) is 5.58. The van der Waals surface area contributed by atoms with E-state index < -0.39 is 0 Å². The zero-order valence-corrected chi connectivity index (χ0v) is 9.58. The summed E-state index contributed by atoms with van der Waals surface area (Å²) < 4.78 is 1.78. The van der Waals surface area contributed by atoms with Crippen LogP contribution in [0.5, 0.6) is 0 Å². The van der Waals surface area contributed by atoms with Crippen LogP contribution < -0.4 is 5.73 Å². The molecular formula is C14H11N3O. The van der Waals surface area contributed by atoms with Crippen LogP contribution in [0.4, 0.5) is 5.69 Å². The molecule has 0 unspecified atom stereocenters. The molecule has 2 heterocycles. The molecule has 0 saturated heterocycles. The fourth-order valence-corrected chi connectivity index (χ4v) is 1.88. The van der Waals surface area contributed by atoms with Crippen LogP contribution in [0.25, 0.3) is 5.65 Å². The highest BCUT2D eigenvalue weighted by atomic mass is 16.1. The molecule has 0 atom stereocenters. The number of imidazole rings is 1. The first-order chi connectivity index (χ1) is 8.75. The van der Waals surface area contributed by atoms with Crippen molar-refractivity contribution in [1.29, 1.82) is 0 Å². The van der Waals surface area contributed by atoms with E-state index in [1.165, 1.54) is 0 Å². The van der Waals surface area contributed by atoms with Crippen LogP contribution in [-0.4, -0.2) is 15.2 Å². The number of ketones is 1. The number of fused-ring (bicyclic) bond motifs is 1. The van der Waals surface area contributed by atoms with Crippen molar-refractivity contribution in [3.05, 3.63) is 66.1 Å². The number of carbonyl (C=O) groups excluding carboxylic acids is 1. The van der Waals surface area contributed by atoms with Crippen molar-refractivity contribution in [2.24, 2.45) is 0 Å². The Labute approximate surface area is 104 Å². The van der Waals surface area contributed by atoms with Gasteiger partial charge in [0.2, 0.25) is 5.78 Å². The van der Waals surface area contributed by atoms with Crippen LogP contribution in [0.2, 0.25) is 0 Å². The zero-order valence-electron chi connectivity index (χ0n) is 9.58. The number of aromatic nitrogens is 2. The molecule has 4 nitrogen and oxygen atoms in total. The van der Waals surface area contributed by atoms with E-state index in [4.69, 9.17) is 5.73 Å². The Bertz CT molecular complexity index is 713. The molecule has 0 saturated carbocycles. The lowest BCUT2D eigenvalue weighted by Crippen LogP contribution is -2.05. The van der Waals surface area contributed by atoms with Crippen molar-refractivity contribution in [1.82, 2.24) is 9.38 Å². The maximum Gasteiger partial charge on any atom is 0.211 e. The standard InChI is InChI=1S/C14H11N3O/c15-11-6-4-10(5-7-11)14(18)12-9-16-13-3-1-2-8-17(12)13/h1-9H,15H2. The van der Waals surface area contributed by atoms with Crippen molar-refractivity contribution < 1.29 is 4.79 Å². The van der Waals surface area contributed by atoms with Gasteiger partial charge < -0.3 is 5.73 Å². The topological polar surface area (TPSA) is 60.4 Å². The molecular weight excluding hydrogens is 226 g/mol. The smallest absolute Gasteiger partial charge is 0.211 e. The molecule has 4 heteroatoms. The third-order valence-electron chi connectivity index (χ3n) is 2.82. The molecule has 3 aromatic rings. The van der Waals surface area contributed by atoms with Gasteiger partial charge in [0.25, 0.3) is 0 Å². The van der Waals surface area contributed by atoms with E-state index in [0.29, 0.717) is 16.9 Å². The number of carbonyl (C=O) groups is 1. The van der Waals surface area contributed by atoms with Gasteiger partial charge in [-0.2, -0.15) is 0 Å². The number of benzene rings is 1. The maximum absolute atomic E-state index is 12.3. The van der Waals surface area contributed by atoms with Crippen LogP contribution in [0.3, 0.4) is 0 Å². The molecule has 0 radical (unpaired) electrons. The third kappa shape index (κ3) is 1.64. The number of hydrogen-bond donors (Lipinski definition) is 1. The van der Waals surface area contributed by atoms with Gasteiger partial charge >= 0.3 is 0 Å². The Morgan fingerprint density at radius 3 is 2.67 bits per heavy atom. The normalized spacial score (nSPS) is 10.7. The van der Waals surface area contributed by atoms with Crippen molar-refractivity contribution in [2.45, 2.75) is 0 Å². The molecule has 0 bridgehead atoms. The van der Waals surface area contributed by atoms with Gasteiger partial charge in [0.15, 0.2) is 0 Å². The molecule has 0 spiro atoms. The largest absolute Gasteiger partial charge is 0.399 e. The molecule has 18 heavy (non-hydrogen) atoms. The molecule has 0 aliphatic heterocycles. The van der Waals surface area contributed by atoms with E-state index in [1.54, 1.807) is 34.9 Å². The molecule has 0 aliphatic carbocycles. The SMILES string of the molecule is Nc1ccc(C(=O)c2cnc3ccccn23)cc1. The van der Waals surface area contributed by atoms with E-state index in [2.05, 4.69) is 4.98 Å². The third-order valence-corrected chi connectivity index (χ3v) is 2.82. The molecule has 0 amide bonds. The van der Waals surface area contributed by atoms with Gasteiger partial charge in [-0.05, 0) is 36.4 Å². The summed E-state index contributed by atoms with van der Waals surface area (Å²) >= 11 is 0. The molecule has 0 aliphatic rings. The summed E-state index contributed by atoms with van der Waals surface area (Å²) in [5, 5.41) is 0. The Kier molecular flexibility index (Phi) is 2.34. The monoisotopic (exact) mass is 237 g/mol. The van der Waals surface area contributed by atoms with Crippen LogP contribution in [0, 0.1) is 0 Å². The van der Waals surface area contributed by atoms with E-state index in [-0.39, 0.29) is 5.78 Å². The number of nitrogens with two attached hydrogens (primary N) is 1. The highest BCUT2D eigenvalue weighted by Gasteiger charge is 2.13. The number of rotatable bonds is 2. The first kappa shape index (κ1) is 10.5. The van der Waals surface area contributed by atoms with Crippen molar-refractivity contribution in [3.63, 3.8) is 0 Å². The lowest BCUT2D eigenvalue weighted by Gasteiger charge is -2.01. The minimum Gasteiger partial charge on any atom is -0.399 e. The summed E-state index contributed by atoms with van der Waals surface area (Å²) in [5.74, 6) is -0.0614.